The van der Waals surface area contributed by atoms with E-state index < -0.39 is 0 Å². The van der Waals surface area contributed by atoms with Crippen LogP contribution in [-0.2, 0) is 12.8 Å². The van der Waals surface area contributed by atoms with Gasteiger partial charge < -0.3 is 0 Å². The zero-order chi connectivity index (χ0) is 14.5. The van der Waals surface area contributed by atoms with Crippen LogP contribution in [0.15, 0.2) is 48.5 Å². The Balaban J connectivity index is 2.29. The van der Waals surface area contributed by atoms with Gasteiger partial charge in [0.1, 0.15) is 0 Å². The van der Waals surface area contributed by atoms with Crippen molar-refractivity contribution in [1.82, 2.24) is 0 Å². The van der Waals surface area contributed by atoms with Gasteiger partial charge in [-0.15, -0.1) is 0 Å². The van der Waals surface area contributed by atoms with Crippen molar-refractivity contribution in [3.63, 3.8) is 0 Å². The molecule has 0 saturated carbocycles. The number of hydrogen-bond donors (Lipinski definition) is 0. The molecule has 0 radical (unpaired) electrons. The van der Waals surface area contributed by atoms with Crippen LogP contribution < -0.4 is 0 Å². The largest absolute Gasteiger partial charge is 0.0620 e. The Labute approximate surface area is 123 Å². The summed E-state index contributed by atoms with van der Waals surface area (Å²) in [5, 5.41) is 0. The van der Waals surface area contributed by atoms with Gasteiger partial charge in [-0.1, -0.05) is 76.2 Å². The van der Waals surface area contributed by atoms with Crippen molar-refractivity contribution >= 4 is 0 Å². The molecule has 0 aliphatic rings. The van der Waals surface area contributed by atoms with Crippen molar-refractivity contribution in [3.8, 4) is 0 Å². The van der Waals surface area contributed by atoms with Crippen molar-refractivity contribution in [2.75, 3.05) is 0 Å². The highest BCUT2D eigenvalue weighted by molar-refractivity contribution is 5.35. The minimum atomic E-state index is 0.550. The Morgan fingerprint density at radius 3 is 2.25 bits per heavy atom. The lowest BCUT2D eigenvalue weighted by Crippen LogP contribution is -2.07. The second-order valence-corrected chi connectivity index (χ2v) is 5.73. The van der Waals surface area contributed by atoms with Crippen molar-refractivity contribution in [3.05, 3.63) is 70.8 Å². The van der Waals surface area contributed by atoms with Gasteiger partial charge in [0, 0.05) is 0 Å². The fourth-order valence-electron chi connectivity index (χ4n) is 2.95. The second-order valence-electron chi connectivity index (χ2n) is 5.73. The summed E-state index contributed by atoms with van der Waals surface area (Å²) in [4.78, 5) is 0. The molecule has 0 bridgehead atoms. The molecule has 0 nitrogen and oxygen atoms in total. The molecule has 2 rings (SSSR count). The summed E-state index contributed by atoms with van der Waals surface area (Å²) in [5.41, 5.74) is 5.89. The van der Waals surface area contributed by atoms with Gasteiger partial charge in [-0.25, -0.2) is 0 Å². The van der Waals surface area contributed by atoms with E-state index in [0.29, 0.717) is 11.8 Å². The van der Waals surface area contributed by atoms with E-state index in [9.17, 15) is 0 Å². The maximum absolute atomic E-state index is 2.37. The first-order valence-electron chi connectivity index (χ1n) is 7.84. The molecule has 0 heterocycles. The summed E-state index contributed by atoms with van der Waals surface area (Å²) in [7, 11) is 0. The molecule has 2 aromatic rings. The topological polar surface area (TPSA) is 0 Å². The molecule has 0 aliphatic heterocycles. The first-order valence-corrected chi connectivity index (χ1v) is 7.84. The normalized spacial score (nSPS) is 14.0. The molecule has 0 amide bonds. The molecule has 106 valence electrons. The highest BCUT2D eigenvalue weighted by atomic mass is 14.2. The number of aryl methyl sites for hydroxylation is 2. The van der Waals surface area contributed by atoms with Gasteiger partial charge in [-0.2, -0.15) is 0 Å². The van der Waals surface area contributed by atoms with Crippen molar-refractivity contribution < 1.29 is 0 Å². The van der Waals surface area contributed by atoms with E-state index in [-0.39, 0.29) is 0 Å². The van der Waals surface area contributed by atoms with E-state index in [2.05, 4.69) is 76.2 Å². The van der Waals surface area contributed by atoms with Crippen LogP contribution in [0.3, 0.4) is 0 Å². The standard InChI is InChI=1S/C20H26/c1-5-17-10-9-12-19(14-17)15(3)16(4)20-13-8-7-11-18(20)6-2/h7-16H,5-6H2,1-4H3. The third-order valence-electron chi connectivity index (χ3n) is 4.56. The molecular formula is C20H26. The average molecular weight is 266 g/mol. The van der Waals surface area contributed by atoms with Crippen LogP contribution in [0.2, 0.25) is 0 Å². The first-order chi connectivity index (χ1) is 9.67. The van der Waals surface area contributed by atoms with Gasteiger partial charge in [-0.3, -0.25) is 0 Å². The second kappa shape index (κ2) is 6.74. The van der Waals surface area contributed by atoms with Crippen LogP contribution in [0.4, 0.5) is 0 Å². The lowest BCUT2D eigenvalue weighted by molar-refractivity contribution is 0.617. The van der Waals surface area contributed by atoms with Crippen LogP contribution in [-0.4, -0.2) is 0 Å². The Morgan fingerprint density at radius 1 is 0.800 bits per heavy atom. The minimum absolute atomic E-state index is 0.550. The molecule has 0 N–H and O–H groups in total. The molecule has 0 saturated heterocycles. The molecule has 0 heteroatoms. The van der Waals surface area contributed by atoms with Crippen molar-refractivity contribution in [2.45, 2.75) is 52.4 Å². The van der Waals surface area contributed by atoms with E-state index in [1.807, 2.05) is 0 Å². The van der Waals surface area contributed by atoms with Crippen LogP contribution in [0, 0.1) is 0 Å². The molecule has 0 aromatic heterocycles. The fraction of sp³-hybridized carbons (Fsp3) is 0.400. The monoisotopic (exact) mass is 266 g/mol. The number of benzene rings is 2. The molecule has 2 unspecified atom stereocenters. The molecule has 0 aliphatic carbocycles. The van der Waals surface area contributed by atoms with Gasteiger partial charge in [0.25, 0.3) is 0 Å². The average Bonchev–Trinajstić information content (AvgIpc) is 2.53. The summed E-state index contributed by atoms with van der Waals surface area (Å²) in [6.07, 6.45) is 2.22. The molecular weight excluding hydrogens is 240 g/mol. The summed E-state index contributed by atoms with van der Waals surface area (Å²) in [5.74, 6) is 1.10. The van der Waals surface area contributed by atoms with E-state index in [0.717, 1.165) is 12.8 Å². The maximum Gasteiger partial charge on any atom is -0.0121 e. The van der Waals surface area contributed by atoms with Crippen LogP contribution in [0.1, 0.15) is 61.8 Å². The van der Waals surface area contributed by atoms with Crippen LogP contribution in [0.25, 0.3) is 0 Å². The summed E-state index contributed by atoms with van der Waals surface area (Å²) in [6.45, 7) is 9.18. The lowest BCUT2D eigenvalue weighted by Gasteiger charge is -2.23. The van der Waals surface area contributed by atoms with Gasteiger partial charge in [0.15, 0.2) is 0 Å². The van der Waals surface area contributed by atoms with Gasteiger partial charge in [0.2, 0.25) is 0 Å². The predicted molar refractivity (Wildman–Crippen MR) is 88.5 cm³/mol. The summed E-state index contributed by atoms with van der Waals surface area (Å²) < 4.78 is 0. The molecule has 20 heavy (non-hydrogen) atoms. The Bertz CT molecular complexity index is 553. The summed E-state index contributed by atoms with van der Waals surface area (Å²) >= 11 is 0. The third kappa shape index (κ3) is 3.12. The van der Waals surface area contributed by atoms with E-state index >= 15 is 0 Å². The van der Waals surface area contributed by atoms with Crippen LogP contribution >= 0.6 is 0 Å². The maximum atomic E-state index is 2.37. The molecule has 2 atom stereocenters. The van der Waals surface area contributed by atoms with Gasteiger partial charge >= 0.3 is 0 Å². The minimum Gasteiger partial charge on any atom is -0.0620 e. The number of hydrogen-bond acceptors (Lipinski definition) is 0. The molecule has 0 spiro atoms. The SMILES string of the molecule is CCc1cccc(C(C)C(C)c2ccccc2CC)c1. The zero-order valence-corrected chi connectivity index (χ0v) is 13.2. The van der Waals surface area contributed by atoms with E-state index in [1.165, 1.54) is 22.3 Å². The lowest BCUT2D eigenvalue weighted by atomic mass is 9.81. The quantitative estimate of drug-likeness (QED) is 0.649. The zero-order valence-electron chi connectivity index (χ0n) is 13.2. The highest BCUT2D eigenvalue weighted by Crippen LogP contribution is 2.34. The van der Waals surface area contributed by atoms with Crippen LogP contribution in [0.5, 0.6) is 0 Å². The van der Waals surface area contributed by atoms with Crippen molar-refractivity contribution in [2.24, 2.45) is 0 Å². The third-order valence-corrected chi connectivity index (χ3v) is 4.56. The van der Waals surface area contributed by atoms with E-state index in [4.69, 9.17) is 0 Å². The summed E-state index contributed by atoms with van der Waals surface area (Å²) in [6, 6.07) is 17.9. The smallest absolute Gasteiger partial charge is 0.0121 e. The molecule has 2 aromatic carbocycles. The highest BCUT2D eigenvalue weighted by Gasteiger charge is 2.18. The molecule has 0 fully saturated rings. The Kier molecular flexibility index (Phi) is 5.00. The fourth-order valence-corrected chi connectivity index (χ4v) is 2.95. The van der Waals surface area contributed by atoms with Crippen molar-refractivity contribution in [1.29, 1.82) is 0 Å². The van der Waals surface area contributed by atoms with Gasteiger partial charge in [0.05, 0.1) is 0 Å². The first kappa shape index (κ1) is 14.8. The Morgan fingerprint density at radius 2 is 1.55 bits per heavy atom. The Hall–Kier alpha value is -1.56. The predicted octanol–water partition coefficient (Wildman–Crippen LogP) is 5.72. The van der Waals surface area contributed by atoms with Gasteiger partial charge in [-0.05, 0) is 46.9 Å². The number of rotatable bonds is 5. The van der Waals surface area contributed by atoms with E-state index in [1.54, 1.807) is 0 Å².